The number of carbonyl (C=O) groups is 1. The highest BCUT2D eigenvalue weighted by Gasteiger charge is 2.33. The minimum atomic E-state index is -0.0329. The van der Waals surface area contributed by atoms with Gasteiger partial charge < -0.3 is 9.80 Å². The van der Waals surface area contributed by atoms with Crippen molar-refractivity contribution in [2.24, 2.45) is 0 Å². The van der Waals surface area contributed by atoms with Crippen molar-refractivity contribution >= 4 is 23.2 Å². The number of benzene rings is 1. The van der Waals surface area contributed by atoms with E-state index in [0.717, 1.165) is 36.2 Å². The summed E-state index contributed by atoms with van der Waals surface area (Å²) in [6.07, 6.45) is 1.89. The number of rotatable bonds is 6. The topological polar surface area (TPSA) is 29.1 Å². The summed E-state index contributed by atoms with van der Waals surface area (Å²) < 4.78 is 0.700. The number of nitrogens with zero attached hydrogens (tertiary/aromatic N) is 1. The SMILES string of the molecule is CCCC(C(=O)Nc1c(C)cc(Cl)cc1C)[N+](C)(C)CC. The molecule has 1 N–H and O–H groups in total. The molecule has 0 bridgehead atoms. The molecule has 0 saturated heterocycles. The monoisotopic (exact) mass is 311 g/mol. The first kappa shape index (κ1) is 18.0. The zero-order chi connectivity index (χ0) is 16.2. The maximum atomic E-state index is 12.7. The lowest BCUT2D eigenvalue weighted by Gasteiger charge is -2.36. The Labute approximate surface area is 133 Å². The minimum Gasteiger partial charge on any atom is -0.320 e. The van der Waals surface area contributed by atoms with Crippen molar-refractivity contribution in [3.63, 3.8) is 0 Å². The summed E-state index contributed by atoms with van der Waals surface area (Å²) >= 11 is 6.05. The first-order chi connectivity index (χ1) is 9.72. The highest BCUT2D eigenvalue weighted by atomic mass is 35.5. The standard InChI is InChI=1S/C17H27ClN2O/c1-7-9-15(20(5,6)8-2)17(21)19-16-12(3)10-14(18)11-13(16)4/h10-11,15H,7-9H2,1-6H3/p+1. The lowest BCUT2D eigenvalue weighted by molar-refractivity contribution is -0.904. The van der Waals surface area contributed by atoms with Crippen LogP contribution in [0.1, 0.15) is 37.8 Å². The van der Waals surface area contributed by atoms with Crippen molar-refractivity contribution in [3.8, 4) is 0 Å². The largest absolute Gasteiger partial charge is 0.320 e. The summed E-state index contributed by atoms with van der Waals surface area (Å²) in [6, 6.07) is 3.74. The normalized spacial score (nSPS) is 13.1. The van der Waals surface area contributed by atoms with Gasteiger partial charge in [-0.3, -0.25) is 4.79 Å². The molecule has 0 aliphatic heterocycles. The molecule has 1 aromatic carbocycles. The molecule has 0 heterocycles. The van der Waals surface area contributed by atoms with Crippen molar-refractivity contribution < 1.29 is 9.28 Å². The van der Waals surface area contributed by atoms with E-state index in [1.165, 1.54) is 0 Å². The van der Waals surface area contributed by atoms with E-state index in [2.05, 4.69) is 33.3 Å². The number of carbonyl (C=O) groups excluding carboxylic acids is 1. The molecule has 0 radical (unpaired) electrons. The maximum absolute atomic E-state index is 12.7. The van der Waals surface area contributed by atoms with Crippen molar-refractivity contribution in [3.05, 3.63) is 28.3 Å². The number of halogens is 1. The van der Waals surface area contributed by atoms with Crippen LogP contribution >= 0.6 is 11.6 Å². The first-order valence-corrected chi connectivity index (χ1v) is 8.01. The van der Waals surface area contributed by atoms with Gasteiger partial charge in [0.2, 0.25) is 0 Å². The second-order valence-electron chi connectivity index (χ2n) is 6.30. The third-order valence-electron chi connectivity index (χ3n) is 4.27. The lowest BCUT2D eigenvalue weighted by Crippen LogP contribution is -2.54. The van der Waals surface area contributed by atoms with E-state index in [9.17, 15) is 4.79 Å². The van der Waals surface area contributed by atoms with Gasteiger partial charge in [-0.1, -0.05) is 18.5 Å². The summed E-state index contributed by atoms with van der Waals surface area (Å²) in [5.41, 5.74) is 2.90. The molecule has 4 heteroatoms. The molecule has 1 aromatic rings. The molecular weight excluding hydrogens is 284 g/mol. The van der Waals surface area contributed by atoms with Gasteiger partial charge in [-0.15, -0.1) is 0 Å². The van der Waals surface area contributed by atoms with Crippen LogP contribution in [-0.4, -0.2) is 37.1 Å². The molecule has 0 spiro atoms. The van der Waals surface area contributed by atoms with Crippen LogP contribution in [0.4, 0.5) is 5.69 Å². The number of amides is 1. The number of hydrogen-bond donors (Lipinski definition) is 1. The van der Waals surface area contributed by atoms with Crippen LogP contribution in [0, 0.1) is 13.8 Å². The maximum Gasteiger partial charge on any atom is 0.282 e. The zero-order valence-corrected chi connectivity index (χ0v) is 14.8. The molecule has 1 amide bonds. The van der Waals surface area contributed by atoms with E-state index >= 15 is 0 Å². The Morgan fingerprint density at radius 1 is 1.24 bits per heavy atom. The van der Waals surface area contributed by atoms with Crippen LogP contribution in [-0.2, 0) is 4.79 Å². The van der Waals surface area contributed by atoms with Gasteiger partial charge in [-0.25, -0.2) is 0 Å². The smallest absolute Gasteiger partial charge is 0.282 e. The van der Waals surface area contributed by atoms with E-state index in [1.807, 2.05) is 26.0 Å². The number of aryl methyl sites for hydroxylation is 2. The van der Waals surface area contributed by atoms with Crippen molar-refractivity contribution in [2.75, 3.05) is 26.0 Å². The van der Waals surface area contributed by atoms with E-state index in [4.69, 9.17) is 11.6 Å². The van der Waals surface area contributed by atoms with Gasteiger partial charge in [0.15, 0.2) is 6.04 Å². The van der Waals surface area contributed by atoms with Crippen molar-refractivity contribution in [1.82, 2.24) is 0 Å². The molecule has 0 saturated carbocycles. The average Bonchev–Trinajstić information content (AvgIpc) is 2.39. The van der Waals surface area contributed by atoms with Crippen LogP contribution < -0.4 is 5.32 Å². The van der Waals surface area contributed by atoms with E-state index in [0.29, 0.717) is 9.51 Å². The third kappa shape index (κ3) is 4.45. The molecule has 0 aliphatic rings. The van der Waals surface area contributed by atoms with Crippen LogP contribution in [0.25, 0.3) is 0 Å². The van der Waals surface area contributed by atoms with Gasteiger partial charge in [0, 0.05) is 17.1 Å². The molecular formula is C17H28ClN2O+. The molecule has 118 valence electrons. The van der Waals surface area contributed by atoms with Gasteiger partial charge in [-0.2, -0.15) is 0 Å². The van der Waals surface area contributed by atoms with E-state index in [1.54, 1.807) is 0 Å². The molecule has 1 atom stereocenters. The van der Waals surface area contributed by atoms with Crippen LogP contribution in [0.15, 0.2) is 12.1 Å². The van der Waals surface area contributed by atoms with Gasteiger partial charge >= 0.3 is 0 Å². The quantitative estimate of drug-likeness (QED) is 0.785. The Morgan fingerprint density at radius 2 is 1.76 bits per heavy atom. The molecule has 1 unspecified atom stereocenters. The average molecular weight is 312 g/mol. The van der Waals surface area contributed by atoms with Crippen molar-refractivity contribution in [2.45, 2.75) is 46.6 Å². The highest BCUT2D eigenvalue weighted by molar-refractivity contribution is 6.30. The van der Waals surface area contributed by atoms with Gasteiger partial charge in [0.25, 0.3) is 5.91 Å². The molecule has 0 aliphatic carbocycles. The Morgan fingerprint density at radius 3 is 2.19 bits per heavy atom. The van der Waals surface area contributed by atoms with Gasteiger partial charge in [-0.05, 0) is 50.5 Å². The molecule has 0 fully saturated rings. The number of nitrogens with one attached hydrogen (secondary N) is 1. The predicted octanol–water partition coefficient (Wildman–Crippen LogP) is 4.16. The van der Waals surface area contributed by atoms with Crippen LogP contribution in [0.3, 0.4) is 0 Å². The number of anilines is 1. The third-order valence-corrected chi connectivity index (χ3v) is 4.49. The van der Waals surface area contributed by atoms with Gasteiger partial charge in [0.1, 0.15) is 0 Å². The lowest BCUT2D eigenvalue weighted by atomic mass is 10.1. The fourth-order valence-electron chi connectivity index (χ4n) is 2.61. The number of quaternary nitrogens is 1. The molecule has 3 nitrogen and oxygen atoms in total. The van der Waals surface area contributed by atoms with Crippen molar-refractivity contribution in [1.29, 1.82) is 0 Å². The second-order valence-corrected chi connectivity index (χ2v) is 6.74. The first-order valence-electron chi connectivity index (χ1n) is 7.63. The van der Waals surface area contributed by atoms with Gasteiger partial charge in [0.05, 0.1) is 20.6 Å². The summed E-state index contributed by atoms with van der Waals surface area (Å²) in [7, 11) is 4.23. The Hall–Kier alpha value is -1.06. The Bertz CT molecular complexity index is 489. The Balaban J connectivity index is 3.03. The molecule has 1 rings (SSSR count). The zero-order valence-electron chi connectivity index (χ0n) is 14.1. The second kappa shape index (κ2) is 7.28. The highest BCUT2D eigenvalue weighted by Crippen LogP contribution is 2.26. The molecule has 21 heavy (non-hydrogen) atoms. The number of likely N-dealkylation sites (N-methyl/N-ethyl adjacent to an activating group) is 1. The summed E-state index contributed by atoms with van der Waals surface area (Å²) in [5.74, 6) is 0.0947. The summed E-state index contributed by atoms with van der Waals surface area (Å²) in [4.78, 5) is 12.7. The van der Waals surface area contributed by atoms with Crippen LogP contribution in [0.5, 0.6) is 0 Å². The minimum absolute atomic E-state index is 0.0329. The number of hydrogen-bond acceptors (Lipinski definition) is 1. The fraction of sp³-hybridized carbons (Fsp3) is 0.588. The fourth-order valence-corrected chi connectivity index (χ4v) is 2.93. The van der Waals surface area contributed by atoms with E-state index < -0.39 is 0 Å². The predicted molar refractivity (Wildman–Crippen MR) is 90.9 cm³/mol. The summed E-state index contributed by atoms with van der Waals surface area (Å²) in [5, 5.41) is 3.82. The van der Waals surface area contributed by atoms with Crippen LogP contribution in [0.2, 0.25) is 5.02 Å². The Kier molecular flexibility index (Phi) is 6.24. The van der Waals surface area contributed by atoms with E-state index in [-0.39, 0.29) is 11.9 Å². The summed E-state index contributed by atoms with van der Waals surface area (Å²) in [6.45, 7) is 9.12. The molecule has 0 aromatic heterocycles.